The normalized spacial score (nSPS) is 18.4. The van der Waals surface area contributed by atoms with Crippen LogP contribution in [0.15, 0.2) is 34.9 Å². The minimum Gasteiger partial charge on any atom is -0.384 e. The Morgan fingerprint density at radius 2 is 1.95 bits per heavy atom. The first-order valence-electron chi connectivity index (χ1n) is 15.1. The maximum Gasteiger partial charge on any atom is 0.277 e. The van der Waals surface area contributed by atoms with E-state index in [-0.39, 0.29) is 11.5 Å². The van der Waals surface area contributed by atoms with Crippen LogP contribution in [0.4, 0.5) is 11.5 Å². The van der Waals surface area contributed by atoms with Crippen molar-refractivity contribution in [1.82, 2.24) is 24.8 Å². The smallest absolute Gasteiger partial charge is 0.277 e. The second-order valence-electron chi connectivity index (χ2n) is 11.4. The van der Waals surface area contributed by atoms with E-state index < -0.39 is 6.04 Å². The maximum absolute atomic E-state index is 13.9. The van der Waals surface area contributed by atoms with Gasteiger partial charge in [0.25, 0.3) is 5.56 Å². The van der Waals surface area contributed by atoms with Gasteiger partial charge < -0.3 is 21.1 Å². The highest BCUT2D eigenvalue weighted by molar-refractivity contribution is 7.19. The molecule has 6 heterocycles. The summed E-state index contributed by atoms with van der Waals surface area (Å²) in [5.74, 6) is 1.40. The van der Waals surface area contributed by atoms with Crippen molar-refractivity contribution >= 4 is 55.9 Å². The van der Waals surface area contributed by atoms with Gasteiger partial charge in [-0.2, -0.15) is 0 Å². The van der Waals surface area contributed by atoms with Gasteiger partial charge in [0.1, 0.15) is 28.4 Å². The number of pyridine rings is 1. The van der Waals surface area contributed by atoms with Gasteiger partial charge in [0.2, 0.25) is 5.91 Å². The molecule has 3 aliphatic rings. The zero-order valence-corrected chi connectivity index (χ0v) is 25.8. The Balaban J connectivity index is 1.13. The molecule has 224 valence electrons. The van der Waals surface area contributed by atoms with Gasteiger partial charge in [0.15, 0.2) is 0 Å². The van der Waals surface area contributed by atoms with Gasteiger partial charge in [0, 0.05) is 45.7 Å². The molecule has 4 aromatic rings. The van der Waals surface area contributed by atoms with Crippen molar-refractivity contribution in [2.45, 2.75) is 76.8 Å². The second kappa shape index (κ2) is 11.8. The van der Waals surface area contributed by atoms with E-state index in [1.165, 1.54) is 10.5 Å². The number of aryl methyl sites for hydroxylation is 2. The number of nitrogen functional groups attached to an aromatic ring is 1. The number of nitrogens with one attached hydrogen (secondary N) is 2. The third-order valence-electron chi connectivity index (χ3n) is 8.67. The number of nitrogens with two attached hydrogens (primary N) is 1. The lowest BCUT2D eigenvalue weighted by Crippen LogP contribution is -2.36. The Hall–Kier alpha value is -3.61. The molecule has 0 bridgehead atoms. The average molecular weight is 618 g/mol. The third-order valence-corrected chi connectivity index (χ3v) is 11.1. The Bertz CT molecular complexity index is 1780. The van der Waals surface area contributed by atoms with Crippen LogP contribution in [0, 0.1) is 0 Å². The molecule has 43 heavy (non-hydrogen) atoms. The molecule has 12 heteroatoms. The molecule has 1 saturated heterocycles. The number of allylic oxidation sites excluding steroid dienone is 1. The van der Waals surface area contributed by atoms with Gasteiger partial charge in [-0.25, -0.2) is 15.0 Å². The molecule has 1 aliphatic carbocycles. The van der Waals surface area contributed by atoms with Gasteiger partial charge in [-0.05, 0) is 68.6 Å². The number of hydrogen-bond acceptors (Lipinski definition) is 10. The average Bonchev–Trinajstić information content (AvgIpc) is 3.73. The molecule has 1 unspecified atom stereocenters. The molecule has 7 rings (SSSR count). The Morgan fingerprint density at radius 1 is 1.12 bits per heavy atom. The number of thiazole rings is 1. The number of thiophene rings is 1. The zero-order chi connectivity index (χ0) is 29.5. The number of nitrogens with zero attached hydrogens (tertiary/aromatic N) is 4. The predicted molar refractivity (Wildman–Crippen MR) is 170 cm³/mol. The molecule has 1 amide bonds. The molecular formula is C31H35N7O3S2. The van der Waals surface area contributed by atoms with Crippen molar-refractivity contribution in [3.05, 3.63) is 66.7 Å². The summed E-state index contributed by atoms with van der Waals surface area (Å²) in [4.78, 5) is 43.4. The molecule has 4 aromatic heterocycles. The SMILES string of the molecule is CCc1nc(C(Nc2cnc3n(c2=O)C(C(=O)NCc2cc4cnc(N)cc4s2)CC3)=C2CCC2)sc1C1CCOCC1. The summed E-state index contributed by atoms with van der Waals surface area (Å²) in [5.41, 5.74) is 9.34. The first kappa shape index (κ1) is 28.2. The summed E-state index contributed by atoms with van der Waals surface area (Å²) < 4.78 is 8.21. The van der Waals surface area contributed by atoms with Crippen molar-refractivity contribution in [3.8, 4) is 0 Å². The topological polar surface area (TPSA) is 137 Å². The number of anilines is 2. The van der Waals surface area contributed by atoms with Crippen molar-refractivity contribution in [2.75, 3.05) is 24.3 Å². The fraction of sp³-hybridized carbons (Fsp3) is 0.452. The van der Waals surface area contributed by atoms with Crippen molar-refractivity contribution < 1.29 is 9.53 Å². The van der Waals surface area contributed by atoms with Crippen LogP contribution in [0.25, 0.3) is 15.8 Å². The first-order chi connectivity index (χ1) is 21.0. The van der Waals surface area contributed by atoms with E-state index in [1.54, 1.807) is 39.6 Å². The lowest BCUT2D eigenvalue weighted by atomic mass is 9.90. The van der Waals surface area contributed by atoms with E-state index in [9.17, 15) is 9.59 Å². The largest absolute Gasteiger partial charge is 0.384 e. The number of carbonyl (C=O) groups is 1. The molecule has 2 fully saturated rings. The van der Waals surface area contributed by atoms with Crippen molar-refractivity contribution in [2.24, 2.45) is 0 Å². The Kier molecular flexibility index (Phi) is 7.74. The van der Waals surface area contributed by atoms with Crippen molar-refractivity contribution in [3.63, 3.8) is 0 Å². The fourth-order valence-corrected chi connectivity index (χ4v) is 8.55. The van der Waals surface area contributed by atoms with Gasteiger partial charge >= 0.3 is 0 Å². The van der Waals surface area contributed by atoms with E-state index in [2.05, 4.69) is 27.5 Å². The first-order valence-corrected chi connectivity index (χ1v) is 16.7. The molecule has 0 spiro atoms. The van der Waals surface area contributed by atoms with Crippen LogP contribution in [0.5, 0.6) is 0 Å². The summed E-state index contributed by atoms with van der Waals surface area (Å²) in [6.45, 7) is 4.10. The highest BCUT2D eigenvalue weighted by Crippen LogP contribution is 2.40. The molecular weight excluding hydrogens is 583 g/mol. The zero-order valence-electron chi connectivity index (χ0n) is 24.1. The number of ether oxygens (including phenoxy) is 1. The molecule has 10 nitrogen and oxygen atoms in total. The highest BCUT2D eigenvalue weighted by Gasteiger charge is 2.32. The van der Waals surface area contributed by atoms with E-state index >= 15 is 0 Å². The Morgan fingerprint density at radius 3 is 2.72 bits per heavy atom. The van der Waals surface area contributed by atoms with Gasteiger partial charge in [-0.1, -0.05) is 6.92 Å². The van der Waals surface area contributed by atoms with Crippen LogP contribution in [-0.2, 0) is 28.9 Å². The maximum atomic E-state index is 13.9. The van der Waals surface area contributed by atoms with Gasteiger partial charge in [-0.3, -0.25) is 14.2 Å². The minimum absolute atomic E-state index is 0.180. The molecule has 2 aliphatic heterocycles. The lowest BCUT2D eigenvalue weighted by molar-refractivity contribution is -0.124. The highest BCUT2D eigenvalue weighted by atomic mass is 32.1. The third kappa shape index (κ3) is 5.47. The summed E-state index contributed by atoms with van der Waals surface area (Å²) >= 11 is 3.32. The number of carbonyl (C=O) groups excluding carboxylic acids is 1. The van der Waals surface area contributed by atoms with E-state index in [4.69, 9.17) is 15.5 Å². The standard InChI is InChI=1S/C31H35N7O3S2/c1-2-21-28(18-8-10-41-11-9-18)43-30(37-21)27(17-4-3-5-17)36-22-16-34-26-7-6-23(38(26)31(22)40)29(39)35-15-20-12-19-14-33-25(32)13-24(19)42-20/h12-14,16,18,23,36H,2-11,15H2,1H3,(H2,32,33)(H,35,39). The molecule has 1 saturated carbocycles. The number of hydrogen-bond donors (Lipinski definition) is 3. The second-order valence-corrected chi connectivity index (χ2v) is 13.6. The van der Waals surface area contributed by atoms with E-state index in [0.717, 1.165) is 83.1 Å². The fourth-order valence-electron chi connectivity index (χ4n) is 6.16. The van der Waals surface area contributed by atoms with Crippen LogP contribution in [0.1, 0.15) is 83.7 Å². The molecule has 0 radical (unpaired) electrons. The van der Waals surface area contributed by atoms with Gasteiger partial charge in [0.05, 0.1) is 24.1 Å². The molecule has 4 N–H and O–H groups in total. The number of fused-ring (bicyclic) bond motifs is 2. The quantitative estimate of drug-likeness (QED) is 0.247. The van der Waals surface area contributed by atoms with Crippen LogP contribution >= 0.6 is 22.7 Å². The summed E-state index contributed by atoms with van der Waals surface area (Å²) in [5, 5.41) is 8.43. The molecule has 0 aromatic carbocycles. The van der Waals surface area contributed by atoms with Crippen LogP contribution in [-0.4, -0.2) is 38.6 Å². The predicted octanol–water partition coefficient (Wildman–Crippen LogP) is 5.16. The lowest BCUT2D eigenvalue weighted by Gasteiger charge is -2.23. The minimum atomic E-state index is -0.602. The van der Waals surface area contributed by atoms with Gasteiger partial charge in [-0.15, -0.1) is 22.7 Å². The number of amides is 1. The number of aromatic nitrogens is 4. The summed E-state index contributed by atoms with van der Waals surface area (Å²) in [6.07, 6.45) is 10.5. The van der Waals surface area contributed by atoms with Crippen LogP contribution in [0.2, 0.25) is 0 Å². The molecule has 1 atom stereocenters. The van der Waals surface area contributed by atoms with Crippen molar-refractivity contribution in [1.29, 1.82) is 0 Å². The van der Waals surface area contributed by atoms with E-state index in [1.807, 2.05) is 12.1 Å². The number of rotatable bonds is 8. The van der Waals surface area contributed by atoms with Crippen LogP contribution < -0.4 is 21.9 Å². The van der Waals surface area contributed by atoms with E-state index in [0.29, 0.717) is 42.6 Å². The summed E-state index contributed by atoms with van der Waals surface area (Å²) in [6, 6.07) is 3.25. The summed E-state index contributed by atoms with van der Waals surface area (Å²) in [7, 11) is 0. The monoisotopic (exact) mass is 617 g/mol. The van der Waals surface area contributed by atoms with Crippen LogP contribution in [0.3, 0.4) is 0 Å². The Labute approximate surface area is 257 Å².